The quantitative estimate of drug-likeness (QED) is 0.341. The molecule has 3 aromatic rings. The zero-order valence-corrected chi connectivity index (χ0v) is 19.3. The standard InChI is InChI=1S/C25H25F2NO7/c1-15(9-11-33-2)28(10-8-20(29)34-14-16-6-4-3-5-7-16)24(31)18-12-17-13-19(26)22(30)21(27)23(17)35-25(18)32/h3-7,12-13,15,30H,8-11,14H2,1-2H3. The van der Waals surface area contributed by atoms with E-state index < -0.39 is 52.1 Å². The van der Waals surface area contributed by atoms with E-state index in [1.54, 1.807) is 19.1 Å². The first kappa shape index (κ1) is 25.8. The van der Waals surface area contributed by atoms with Crippen LogP contribution in [-0.2, 0) is 20.9 Å². The molecule has 1 aromatic heterocycles. The molecule has 1 atom stereocenters. The van der Waals surface area contributed by atoms with Crippen molar-refractivity contribution in [1.82, 2.24) is 4.90 Å². The van der Waals surface area contributed by atoms with Crippen LogP contribution in [-0.4, -0.2) is 48.2 Å². The number of phenolic OH excluding ortho intramolecular Hbond substituents is 1. The van der Waals surface area contributed by atoms with E-state index in [2.05, 4.69) is 0 Å². The van der Waals surface area contributed by atoms with Crippen molar-refractivity contribution in [3.63, 3.8) is 0 Å². The molecule has 0 radical (unpaired) electrons. The summed E-state index contributed by atoms with van der Waals surface area (Å²) in [6.07, 6.45) is 0.253. The fourth-order valence-corrected chi connectivity index (χ4v) is 3.47. The smallest absolute Gasteiger partial charge is 0.349 e. The van der Waals surface area contributed by atoms with Gasteiger partial charge in [0.15, 0.2) is 17.1 Å². The van der Waals surface area contributed by atoms with Crippen molar-refractivity contribution in [3.8, 4) is 5.75 Å². The number of carbonyl (C=O) groups excluding carboxylic acids is 2. The third-order valence-electron chi connectivity index (χ3n) is 5.45. The number of methoxy groups -OCH3 is 1. The Morgan fingerprint density at radius 1 is 1.17 bits per heavy atom. The number of esters is 1. The van der Waals surface area contributed by atoms with Crippen LogP contribution in [0.25, 0.3) is 11.0 Å². The summed E-state index contributed by atoms with van der Waals surface area (Å²) >= 11 is 0. The average Bonchev–Trinajstić information content (AvgIpc) is 2.85. The highest BCUT2D eigenvalue weighted by Gasteiger charge is 2.27. The lowest BCUT2D eigenvalue weighted by atomic mass is 10.1. The van der Waals surface area contributed by atoms with Crippen molar-refractivity contribution in [1.29, 1.82) is 0 Å². The Morgan fingerprint density at radius 2 is 1.89 bits per heavy atom. The van der Waals surface area contributed by atoms with E-state index in [1.165, 1.54) is 12.0 Å². The molecular weight excluding hydrogens is 464 g/mol. The summed E-state index contributed by atoms with van der Waals surface area (Å²) in [5.41, 5.74) is -1.50. The van der Waals surface area contributed by atoms with Gasteiger partial charge < -0.3 is 23.9 Å². The summed E-state index contributed by atoms with van der Waals surface area (Å²) in [6, 6.07) is 10.4. The van der Waals surface area contributed by atoms with Gasteiger partial charge in [-0.2, -0.15) is 4.39 Å². The van der Waals surface area contributed by atoms with Crippen LogP contribution < -0.4 is 5.63 Å². The molecule has 8 nitrogen and oxygen atoms in total. The summed E-state index contributed by atoms with van der Waals surface area (Å²) in [5, 5.41) is 9.20. The lowest BCUT2D eigenvalue weighted by molar-refractivity contribution is -0.145. The maximum absolute atomic E-state index is 14.1. The van der Waals surface area contributed by atoms with Gasteiger partial charge in [0, 0.05) is 31.7 Å². The Kier molecular flexibility index (Phi) is 8.53. The Bertz CT molecular complexity index is 1260. The fourth-order valence-electron chi connectivity index (χ4n) is 3.47. The number of rotatable bonds is 10. The number of hydrogen-bond donors (Lipinski definition) is 1. The molecule has 0 saturated heterocycles. The van der Waals surface area contributed by atoms with Gasteiger partial charge in [-0.3, -0.25) is 9.59 Å². The molecule has 35 heavy (non-hydrogen) atoms. The predicted molar refractivity (Wildman–Crippen MR) is 122 cm³/mol. The highest BCUT2D eigenvalue weighted by atomic mass is 19.1. The van der Waals surface area contributed by atoms with Gasteiger partial charge in [0.1, 0.15) is 12.2 Å². The van der Waals surface area contributed by atoms with Gasteiger partial charge in [0.2, 0.25) is 5.82 Å². The zero-order chi connectivity index (χ0) is 25.5. The van der Waals surface area contributed by atoms with Crippen molar-refractivity contribution in [2.45, 2.75) is 32.4 Å². The van der Waals surface area contributed by atoms with Crippen molar-refractivity contribution >= 4 is 22.8 Å². The van der Waals surface area contributed by atoms with Crippen LogP contribution in [0.4, 0.5) is 8.78 Å². The number of hydrogen-bond acceptors (Lipinski definition) is 7. The number of fused-ring (bicyclic) bond motifs is 1. The molecule has 0 aliphatic heterocycles. The molecule has 3 rings (SSSR count). The Morgan fingerprint density at radius 3 is 2.57 bits per heavy atom. The van der Waals surface area contributed by atoms with Crippen LogP contribution in [0.15, 0.2) is 51.7 Å². The summed E-state index contributed by atoms with van der Waals surface area (Å²) < 4.78 is 43.1. The summed E-state index contributed by atoms with van der Waals surface area (Å²) in [4.78, 5) is 39.3. The number of ether oxygens (including phenoxy) is 2. The molecule has 0 aliphatic rings. The first-order chi connectivity index (χ1) is 16.7. The predicted octanol–water partition coefficient (Wildman–Crippen LogP) is 3.78. The summed E-state index contributed by atoms with van der Waals surface area (Å²) in [7, 11) is 1.50. The maximum atomic E-state index is 14.1. The van der Waals surface area contributed by atoms with Crippen LogP contribution in [0.5, 0.6) is 5.75 Å². The first-order valence-corrected chi connectivity index (χ1v) is 10.9. The topological polar surface area (TPSA) is 106 Å². The molecule has 1 unspecified atom stereocenters. The lowest BCUT2D eigenvalue weighted by Gasteiger charge is -2.29. The van der Waals surface area contributed by atoms with Crippen LogP contribution in [0.3, 0.4) is 0 Å². The second kappa shape index (κ2) is 11.6. The molecule has 1 heterocycles. The minimum absolute atomic E-state index is 0.0745. The van der Waals surface area contributed by atoms with Gasteiger partial charge in [-0.1, -0.05) is 30.3 Å². The number of benzene rings is 2. The van der Waals surface area contributed by atoms with Crippen LogP contribution in [0.1, 0.15) is 35.7 Å². The normalized spacial score (nSPS) is 11.9. The SMILES string of the molecule is COCCC(C)N(CCC(=O)OCc1ccccc1)C(=O)c1cc2cc(F)c(O)c(F)c2oc1=O. The second-order valence-electron chi connectivity index (χ2n) is 7.91. The van der Waals surface area contributed by atoms with Gasteiger partial charge in [-0.05, 0) is 31.0 Å². The van der Waals surface area contributed by atoms with Gasteiger partial charge >= 0.3 is 11.6 Å². The highest BCUT2D eigenvalue weighted by molar-refractivity contribution is 5.97. The minimum atomic E-state index is -1.44. The number of amides is 1. The third-order valence-corrected chi connectivity index (χ3v) is 5.45. The van der Waals surface area contributed by atoms with Crippen LogP contribution in [0, 0.1) is 11.6 Å². The summed E-state index contributed by atoms with van der Waals surface area (Å²) in [5.74, 6) is -5.33. The van der Waals surface area contributed by atoms with E-state index in [4.69, 9.17) is 13.9 Å². The first-order valence-electron chi connectivity index (χ1n) is 10.9. The molecule has 0 spiro atoms. The maximum Gasteiger partial charge on any atom is 0.349 e. The molecule has 0 aliphatic carbocycles. The molecule has 0 fully saturated rings. The number of nitrogens with zero attached hydrogens (tertiary/aromatic N) is 1. The lowest BCUT2D eigenvalue weighted by Crippen LogP contribution is -2.42. The van der Waals surface area contributed by atoms with Gasteiger partial charge in [0.05, 0.1) is 6.42 Å². The highest BCUT2D eigenvalue weighted by Crippen LogP contribution is 2.28. The molecule has 1 N–H and O–H groups in total. The Labute approximate surface area is 199 Å². The fraction of sp³-hybridized carbons (Fsp3) is 0.320. The van der Waals surface area contributed by atoms with Crippen LogP contribution >= 0.6 is 0 Å². The molecule has 186 valence electrons. The number of halogens is 2. The number of carbonyl (C=O) groups is 2. The molecule has 2 aromatic carbocycles. The van der Waals surface area contributed by atoms with Crippen molar-refractivity contribution in [2.75, 3.05) is 20.3 Å². The summed E-state index contributed by atoms with van der Waals surface area (Å²) in [6.45, 7) is 2.02. The molecule has 1 amide bonds. The van der Waals surface area contributed by atoms with Crippen molar-refractivity contribution in [2.24, 2.45) is 0 Å². The van der Waals surface area contributed by atoms with E-state index >= 15 is 0 Å². The number of aromatic hydroxyl groups is 1. The van der Waals surface area contributed by atoms with Crippen molar-refractivity contribution in [3.05, 3.63) is 75.6 Å². The van der Waals surface area contributed by atoms with Crippen molar-refractivity contribution < 1.29 is 37.4 Å². The molecular formula is C25H25F2NO7. The Balaban J connectivity index is 1.82. The second-order valence-corrected chi connectivity index (χ2v) is 7.91. The number of phenols is 1. The van der Waals surface area contributed by atoms with E-state index in [1.807, 2.05) is 18.2 Å². The third kappa shape index (κ3) is 6.21. The average molecular weight is 489 g/mol. The van der Waals surface area contributed by atoms with Gasteiger partial charge in [0.25, 0.3) is 5.91 Å². The van der Waals surface area contributed by atoms with E-state index in [-0.39, 0.29) is 25.0 Å². The van der Waals surface area contributed by atoms with E-state index in [9.17, 15) is 28.3 Å². The van der Waals surface area contributed by atoms with Crippen LogP contribution in [0.2, 0.25) is 0 Å². The monoisotopic (exact) mass is 489 g/mol. The molecule has 10 heteroatoms. The molecule has 0 bridgehead atoms. The van der Waals surface area contributed by atoms with Gasteiger partial charge in [-0.25, -0.2) is 9.18 Å². The minimum Gasteiger partial charge on any atom is -0.503 e. The molecule has 0 saturated carbocycles. The largest absolute Gasteiger partial charge is 0.503 e. The zero-order valence-electron chi connectivity index (χ0n) is 19.3. The Hall–Kier alpha value is -3.79. The van der Waals surface area contributed by atoms with E-state index in [0.717, 1.165) is 17.7 Å². The van der Waals surface area contributed by atoms with Gasteiger partial charge in [-0.15, -0.1) is 0 Å². The van der Waals surface area contributed by atoms with E-state index in [0.29, 0.717) is 13.0 Å².